The van der Waals surface area contributed by atoms with E-state index in [0.29, 0.717) is 24.2 Å². The molecule has 1 heterocycles. The average Bonchev–Trinajstić information content (AvgIpc) is 2.85. The van der Waals surface area contributed by atoms with E-state index in [4.69, 9.17) is 9.94 Å². The molecule has 8 heteroatoms. The van der Waals surface area contributed by atoms with Gasteiger partial charge in [-0.1, -0.05) is 18.2 Å². The number of Topliss-reactive ketones (excluding diaryl/α,β-unsaturated/α-hetero) is 1. The predicted molar refractivity (Wildman–Crippen MR) is 130 cm³/mol. The number of ether oxygens (including phenoxy) is 1. The maximum atomic E-state index is 13.0. The number of pyridine rings is 1. The second-order valence-corrected chi connectivity index (χ2v) is 9.14. The standard InChI is InChI=1S/C27H29N3O5/c1-17-15-23(22-5-3-4-6-24(22)28-17)18(2)35-21-9-7-19(8-10-21)26(33)29-27(16-25(32)30-34)13-11-20(31)12-14-27/h3-10,15,18,34H,11-14,16H2,1-2H3,(H,29,33)(H,30,32). The van der Waals surface area contributed by atoms with Crippen LogP contribution in [0.4, 0.5) is 0 Å². The number of para-hydroxylation sites is 1. The summed E-state index contributed by atoms with van der Waals surface area (Å²) in [6.07, 6.45) is 0.938. The fourth-order valence-electron chi connectivity index (χ4n) is 4.64. The second kappa shape index (κ2) is 10.2. The van der Waals surface area contributed by atoms with Crippen LogP contribution in [0.2, 0.25) is 0 Å². The summed E-state index contributed by atoms with van der Waals surface area (Å²) in [4.78, 5) is 41.1. The molecule has 3 aromatic rings. The number of rotatable bonds is 7. The highest BCUT2D eigenvalue weighted by molar-refractivity contribution is 5.95. The molecule has 4 rings (SSSR count). The molecule has 0 saturated heterocycles. The molecule has 8 nitrogen and oxygen atoms in total. The van der Waals surface area contributed by atoms with Crippen LogP contribution in [0.5, 0.6) is 5.75 Å². The normalized spacial score (nSPS) is 15.9. The molecule has 1 aliphatic rings. The van der Waals surface area contributed by atoms with Crippen molar-refractivity contribution in [3.63, 3.8) is 0 Å². The van der Waals surface area contributed by atoms with Crippen LogP contribution in [0, 0.1) is 6.92 Å². The molecule has 0 aliphatic heterocycles. The summed E-state index contributed by atoms with van der Waals surface area (Å²) in [5.74, 6) is -0.228. The van der Waals surface area contributed by atoms with Gasteiger partial charge in [-0.25, -0.2) is 5.48 Å². The molecule has 182 valence electrons. The highest BCUT2D eigenvalue weighted by atomic mass is 16.5. The zero-order valence-corrected chi connectivity index (χ0v) is 19.8. The van der Waals surface area contributed by atoms with Crippen molar-refractivity contribution in [2.75, 3.05) is 0 Å². The van der Waals surface area contributed by atoms with Crippen molar-refractivity contribution in [2.24, 2.45) is 0 Å². The summed E-state index contributed by atoms with van der Waals surface area (Å²) in [5, 5.41) is 12.9. The van der Waals surface area contributed by atoms with Gasteiger partial charge in [0.15, 0.2) is 0 Å². The number of benzene rings is 2. The third-order valence-corrected chi connectivity index (χ3v) is 6.51. The first-order chi connectivity index (χ1) is 16.8. The van der Waals surface area contributed by atoms with E-state index in [-0.39, 0.29) is 37.1 Å². The monoisotopic (exact) mass is 475 g/mol. The Hall–Kier alpha value is -3.78. The molecule has 0 bridgehead atoms. The van der Waals surface area contributed by atoms with Gasteiger partial charge in [-0.05, 0) is 63.1 Å². The van der Waals surface area contributed by atoms with E-state index in [9.17, 15) is 14.4 Å². The SMILES string of the molecule is Cc1cc(C(C)Oc2ccc(C(=O)NC3(CC(=O)NO)CCC(=O)CC3)cc2)c2ccccc2n1. The molecule has 1 aromatic heterocycles. The quantitative estimate of drug-likeness (QED) is 0.348. The van der Waals surface area contributed by atoms with Crippen molar-refractivity contribution in [1.29, 1.82) is 0 Å². The van der Waals surface area contributed by atoms with Crippen LogP contribution in [-0.2, 0) is 9.59 Å². The fraction of sp³-hybridized carbons (Fsp3) is 0.333. The van der Waals surface area contributed by atoms with E-state index < -0.39 is 11.4 Å². The third kappa shape index (κ3) is 5.66. The van der Waals surface area contributed by atoms with E-state index in [1.165, 1.54) is 0 Å². The number of carbonyl (C=O) groups excluding carboxylic acids is 3. The smallest absolute Gasteiger partial charge is 0.251 e. The first kappa shape index (κ1) is 24.3. The van der Waals surface area contributed by atoms with E-state index in [2.05, 4.69) is 10.3 Å². The van der Waals surface area contributed by atoms with Gasteiger partial charge in [0.1, 0.15) is 17.6 Å². The lowest BCUT2D eigenvalue weighted by atomic mass is 9.78. The highest BCUT2D eigenvalue weighted by Crippen LogP contribution is 2.31. The number of ketones is 1. The molecule has 0 spiro atoms. The van der Waals surface area contributed by atoms with Gasteiger partial charge in [0.2, 0.25) is 5.91 Å². The first-order valence-corrected chi connectivity index (χ1v) is 11.7. The topological polar surface area (TPSA) is 118 Å². The second-order valence-electron chi connectivity index (χ2n) is 9.14. The predicted octanol–water partition coefficient (Wildman–Crippen LogP) is 4.19. The number of hydrogen-bond acceptors (Lipinski definition) is 6. The maximum absolute atomic E-state index is 13.0. The summed E-state index contributed by atoms with van der Waals surface area (Å²) in [5.41, 5.74) is 4.02. The Kier molecular flexibility index (Phi) is 7.12. The van der Waals surface area contributed by atoms with Crippen molar-refractivity contribution in [2.45, 2.75) is 57.6 Å². The number of aryl methyl sites for hydroxylation is 1. The average molecular weight is 476 g/mol. The summed E-state index contributed by atoms with van der Waals surface area (Å²) in [7, 11) is 0. The minimum absolute atomic E-state index is 0.0967. The summed E-state index contributed by atoms with van der Waals surface area (Å²) >= 11 is 0. The van der Waals surface area contributed by atoms with Crippen molar-refractivity contribution in [3.05, 3.63) is 71.4 Å². The van der Waals surface area contributed by atoms with E-state index in [0.717, 1.165) is 22.2 Å². The molecule has 1 atom stereocenters. The molecule has 2 amide bonds. The minimum atomic E-state index is -0.873. The van der Waals surface area contributed by atoms with Crippen LogP contribution < -0.4 is 15.5 Å². The maximum Gasteiger partial charge on any atom is 0.251 e. The van der Waals surface area contributed by atoms with Crippen molar-refractivity contribution < 1.29 is 24.3 Å². The largest absolute Gasteiger partial charge is 0.486 e. The summed E-state index contributed by atoms with van der Waals surface area (Å²) in [6, 6.07) is 16.8. The highest BCUT2D eigenvalue weighted by Gasteiger charge is 2.38. The van der Waals surface area contributed by atoms with Gasteiger partial charge in [-0.3, -0.25) is 24.6 Å². The molecule has 0 radical (unpaired) electrons. The first-order valence-electron chi connectivity index (χ1n) is 11.7. The number of amides is 2. The summed E-state index contributed by atoms with van der Waals surface area (Å²) < 4.78 is 6.17. The fourth-order valence-corrected chi connectivity index (χ4v) is 4.64. The number of hydrogen-bond donors (Lipinski definition) is 3. The van der Waals surface area contributed by atoms with Gasteiger partial charge in [-0.15, -0.1) is 0 Å². The van der Waals surface area contributed by atoms with E-state index >= 15 is 0 Å². The van der Waals surface area contributed by atoms with Crippen molar-refractivity contribution >= 4 is 28.5 Å². The number of nitrogens with zero attached hydrogens (tertiary/aromatic N) is 1. The van der Waals surface area contributed by atoms with Crippen LogP contribution in [0.1, 0.15) is 66.7 Å². The van der Waals surface area contributed by atoms with Gasteiger partial charge < -0.3 is 10.1 Å². The molecule has 1 unspecified atom stereocenters. The summed E-state index contributed by atoms with van der Waals surface area (Å²) in [6.45, 7) is 3.93. The van der Waals surface area contributed by atoms with Crippen LogP contribution in [0.15, 0.2) is 54.6 Å². The third-order valence-electron chi connectivity index (χ3n) is 6.51. The Morgan fingerprint density at radius 1 is 1.11 bits per heavy atom. The molecule has 2 aromatic carbocycles. The van der Waals surface area contributed by atoms with Crippen LogP contribution in [0.25, 0.3) is 10.9 Å². The Bertz CT molecular complexity index is 1250. The van der Waals surface area contributed by atoms with Crippen LogP contribution in [0.3, 0.4) is 0 Å². The lowest BCUT2D eigenvalue weighted by Gasteiger charge is -2.37. The number of fused-ring (bicyclic) bond motifs is 1. The number of hydroxylamine groups is 1. The van der Waals surface area contributed by atoms with E-state index in [1.54, 1.807) is 29.7 Å². The van der Waals surface area contributed by atoms with Crippen molar-refractivity contribution in [3.8, 4) is 5.75 Å². The van der Waals surface area contributed by atoms with Crippen LogP contribution in [-0.4, -0.2) is 33.3 Å². The Labute approximate surface area is 203 Å². The molecule has 35 heavy (non-hydrogen) atoms. The van der Waals surface area contributed by atoms with Gasteiger partial charge in [-0.2, -0.15) is 0 Å². The van der Waals surface area contributed by atoms with Crippen LogP contribution >= 0.6 is 0 Å². The van der Waals surface area contributed by atoms with Gasteiger partial charge in [0.05, 0.1) is 17.5 Å². The number of carbonyl (C=O) groups is 3. The molecule has 3 N–H and O–H groups in total. The Balaban J connectivity index is 1.47. The van der Waals surface area contributed by atoms with Gasteiger partial charge >= 0.3 is 0 Å². The Morgan fingerprint density at radius 2 is 1.80 bits per heavy atom. The zero-order valence-electron chi connectivity index (χ0n) is 19.8. The molecule has 1 saturated carbocycles. The minimum Gasteiger partial charge on any atom is -0.486 e. The Morgan fingerprint density at radius 3 is 2.49 bits per heavy atom. The number of nitrogens with one attached hydrogen (secondary N) is 2. The lowest BCUT2D eigenvalue weighted by Crippen LogP contribution is -2.53. The van der Waals surface area contributed by atoms with Crippen molar-refractivity contribution in [1.82, 2.24) is 15.8 Å². The van der Waals surface area contributed by atoms with Gasteiger partial charge in [0, 0.05) is 35.0 Å². The molecular formula is C27H29N3O5. The number of aromatic nitrogens is 1. The van der Waals surface area contributed by atoms with Gasteiger partial charge in [0.25, 0.3) is 5.91 Å². The molecule has 1 fully saturated rings. The zero-order chi connectivity index (χ0) is 25.0. The molecular weight excluding hydrogens is 446 g/mol. The van der Waals surface area contributed by atoms with E-state index in [1.807, 2.05) is 44.2 Å². The molecule has 1 aliphatic carbocycles. The lowest BCUT2D eigenvalue weighted by molar-refractivity contribution is -0.132.